The van der Waals surface area contributed by atoms with Crippen LogP contribution in [-0.2, 0) is 19.3 Å². The molecule has 0 saturated carbocycles. The van der Waals surface area contributed by atoms with Crippen molar-refractivity contribution in [2.75, 3.05) is 0 Å². The molecule has 0 atom stereocenters. The first-order valence-corrected chi connectivity index (χ1v) is 12.6. The van der Waals surface area contributed by atoms with Crippen LogP contribution < -0.4 is 15.0 Å². The first-order chi connectivity index (χ1) is 18.5. The fourth-order valence-electron chi connectivity index (χ4n) is 4.22. The van der Waals surface area contributed by atoms with Crippen LogP contribution in [0.25, 0.3) is 11.1 Å². The quantitative estimate of drug-likeness (QED) is 0.213. The van der Waals surface area contributed by atoms with E-state index >= 15 is 4.39 Å². The number of hydrogen-bond donors (Lipinski definition) is 0. The maximum Gasteiger partial charge on any atom is 0.416 e. The predicted molar refractivity (Wildman–Crippen MR) is 136 cm³/mol. The van der Waals surface area contributed by atoms with E-state index in [1.54, 1.807) is 4.68 Å². The summed E-state index contributed by atoms with van der Waals surface area (Å²) in [6, 6.07) is 8.75. The molecule has 0 amide bonds. The van der Waals surface area contributed by atoms with E-state index in [1.165, 1.54) is 35.0 Å². The highest BCUT2D eigenvalue weighted by atomic mass is 35.5. The molecular formula is C26H16Cl3F5N2O3. The van der Waals surface area contributed by atoms with Crippen LogP contribution in [-0.4, -0.2) is 9.36 Å². The van der Waals surface area contributed by atoms with Gasteiger partial charge in [0.2, 0.25) is 0 Å². The Morgan fingerprint density at radius 1 is 0.769 bits per heavy atom. The van der Waals surface area contributed by atoms with Crippen LogP contribution in [0.4, 0.5) is 22.0 Å². The number of nitrogens with zero attached hydrogens (tertiary/aromatic N) is 2. The lowest BCUT2D eigenvalue weighted by Crippen LogP contribution is -2.27. The molecule has 13 heteroatoms. The monoisotopic (exact) mass is 604 g/mol. The number of fused-ring (bicyclic) bond motifs is 1. The van der Waals surface area contributed by atoms with Gasteiger partial charge >= 0.3 is 6.18 Å². The number of benzene rings is 3. The van der Waals surface area contributed by atoms with Gasteiger partial charge in [0.1, 0.15) is 16.7 Å². The van der Waals surface area contributed by atoms with E-state index in [-0.39, 0.29) is 44.6 Å². The van der Waals surface area contributed by atoms with Gasteiger partial charge < -0.3 is 9.47 Å². The van der Waals surface area contributed by atoms with Gasteiger partial charge in [-0.3, -0.25) is 9.48 Å². The minimum Gasteiger partial charge on any atom is -0.452 e. The first-order valence-electron chi connectivity index (χ1n) is 11.4. The van der Waals surface area contributed by atoms with Gasteiger partial charge in [-0.25, -0.2) is 13.5 Å². The van der Waals surface area contributed by atoms with Gasteiger partial charge in [0, 0.05) is 18.7 Å². The first kappa shape index (κ1) is 27.4. The van der Waals surface area contributed by atoms with Crippen LogP contribution in [0.5, 0.6) is 23.0 Å². The smallest absolute Gasteiger partial charge is 0.416 e. The van der Waals surface area contributed by atoms with Gasteiger partial charge in [-0.1, -0.05) is 46.9 Å². The van der Waals surface area contributed by atoms with Crippen molar-refractivity contribution in [3.8, 4) is 34.1 Å². The zero-order valence-corrected chi connectivity index (χ0v) is 21.9. The minimum atomic E-state index is -4.81. The average Bonchev–Trinajstić information content (AvgIpc) is 3.13. The second-order valence-corrected chi connectivity index (χ2v) is 9.78. The lowest BCUT2D eigenvalue weighted by Gasteiger charge is -2.17. The van der Waals surface area contributed by atoms with Crippen molar-refractivity contribution < 1.29 is 31.4 Å². The molecule has 1 aromatic heterocycles. The van der Waals surface area contributed by atoms with Gasteiger partial charge in [0.15, 0.2) is 23.1 Å². The van der Waals surface area contributed by atoms with Crippen molar-refractivity contribution in [1.29, 1.82) is 0 Å². The molecule has 0 aliphatic carbocycles. The Balaban J connectivity index is 1.52. The molecule has 3 aromatic carbocycles. The molecular weight excluding hydrogens is 590 g/mol. The fourth-order valence-corrected chi connectivity index (χ4v) is 5.01. The zero-order chi connectivity index (χ0) is 28.1. The average molecular weight is 606 g/mol. The molecule has 204 valence electrons. The second kappa shape index (κ2) is 10.4. The molecule has 5 nitrogen and oxygen atoms in total. The van der Waals surface area contributed by atoms with E-state index in [1.807, 2.05) is 0 Å². The van der Waals surface area contributed by atoms with Crippen molar-refractivity contribution in [3.63, 3.8) is 0 Å². The van der Waals surface area contributed by atoms with Crippen LogP contribution in [0.3, 0.4) is 0 Å². The van der Waals surface area contributed by atoms with E-state index in [0.717, 1.165) is 18.9 Å². The fraction of sp³-hybridized carbons (Fsp3) is 0.192. The van der Waals surface area contributed by atoms with E-state index in [0.29, 0.717) is 19.2 Å². The third-order valence-electron chi connectivity index (χ3n) is 6.06. The third-order valence-corrected chi connectivity index (χ3v) is 7.02. The lowest BCUT2D eigenvalue weighted by molar-refractivity contribution is -0.137. The normalized spacial score (nSPS) is 13.3. The molecule has 0 N–H and O–H groups in total. The van der Waals surface area contributed by atoms with E-state index in [2.05, 4.69) is 0 Å². The number of rotatable bonds is 5. The predicted octanol–water partition coefficient (Wildman–Crippen LogP) is 8.95. The van der Waals surface area contributed by atoms with Crippen LogP contribution in [0.15, 0.2) is 53.3 Å². The Morgan fingerprint density at radius 2 is 1.41 bits per heavy atom. The van der Waals surface area contributed by atoms with E-state index in [9.17, 15) is 22.4 Å². The molecule has 5 rings (SSSR count). The summed E-state index contributed by atoms with van der Waals surface area (Å²) in [5.41, 5.74) is -1.95. The Kier molecular flexibility index (Phi) is 7.30. The van der Waals surface area contributed by atoms with Crippen molar-refractivity contribution in [3.05, 3.63) is 91.3 Å². The van der Waals surface area contributed by atoms with E-state index in [4.69, 9.17) is 44.3 Å². The molecule has 0 saturated heterocycles. The zero-order valence-electron chi connectivity index (χ0n) is 19.6. The Morgan fingerprint density at radius 3 is 2.03 bits per heavy atom. The highest BCUT2D eigenvalue weighted by molar-refractivity contribution is 6.33. The number of para-hydroxylation sites is 2. The number of alkyl halides is 3. The summed E-state index contributed by atoms with van der Waals surface area (Å²) in [5, 5.41) is -0.708. The summed E-state index contributed by atoms with van der Waals surface area (Å²) in [6.45, 7) is 0.936. The lowest BCUT2D eigenvalue weighted by atomic mass is 10.1. The molecule has 0 spiro atoms. The standard InChI is InChI=1S/C26H16Cl3F5N2O3/c27-15-12-17(30)14(22-24(29)35-7-3-4-8-36(35)25(22)37)11-21(15)38-19-5-1-2-6-20(19)39-23-16(28)9-13(10-18(23)31)26(32,33)34/h1-2,5-6,9-12H,3-4,7-8H2. The van der Waals surface area contributed by atoms with Crippen LogP contribution >= 0.6 is 34.8 Å². The van der Waals surface area contributed by atoms with Crippen LogP contribution in [0.1, 0.15) is 18.4 Å². The summed E-state index contributed by atoms with van der Waals surface area (Å²) in [7, 11) is 0. The molecule has 2 heterocycles. The third kappa shape index (κ3) is 5.20. The molecule has 1 aliphatic heterocycles. The summed E-state index contributed by atoms with van der Waals surface area (Å²) in [4.78, 5) is 13.0. The summed E-state index contributed by atoms with van der Waals surface area (Å²) in [5.74, 6) is -3.08. The van der Waals surface area contributed by atoms with Crippen molar-refractivity contribution >= 4 is 34.8 Å². The number of halogens is 8. The summed E-state index contributed by atoms with van der Waals surface area (Å²) >= 11 is 18.6. The topological polar surface area (TPSA) is 45.4 Å². The Labute approximate surface area is 232 Å². The van der Waals surface area contributed by atoms with Crippen molar-refractivity contribution in [2.24, 2.45) is 0 Å². The SMILES string of the molecule is O=c1c(-c2cc(Oc3ccccc3Oc3c(F)cc(C(F)(F)F)cc3Cl)c(Cl)cc2F)c(Cl)n2n1CCCC2. The van der Waals surface area contributed by atoms with Crippen molar-refractivity contribution in [1.82, 2.24) is 9.36 Å². The molecule has 0 fully saturated rings. The van der Waals surface area contributed by atoms with E-state index < -0.39 is 39.7 Å². The maximum absolute atomic E-state index is 15.0. The van der Waals surface area contributed by atoms with Gasteiger partial charge in [-0.05, 0) is 49.2 Å². The molecule has 0 radical (unpaired) electrons. The van der Waals surface area contributed by atoms with Gasteiger partial charge in [0.05, 0.1) is 21.2 Å². The molecule has 4 aromatic rings. The second-order valence-electron chi connectivity index (χ2n) is 8.60. The van der Waals surface area contributed by atoms with Crippen molar-refractivity contribution in [2.45, 2.75) is 32.1 Å². The largest absolute Gasteiger partial charge is 0.452 e. The minimum absolute atomic E-state index is 0.0497. The van der Waals surface area contributed by atoms with Crippen LogP contribution in [0, 0.1) is 11.6 Å². The summed E-state index contributed by atoms with van der Waals surface area (Å²) < 4.78 is 82.9. The molecule has 0 unspecified atom stereocenters. The van der Waals surface area contributed by atoms with Gasteiger partial charge in [-0.15, -0.1) is 0 Å². The summed E-state index contributed by atoms with van der Waals surface area (Å²) in [6.07, 6.45) is -3.23. The van der Waals surface area contributed by atoms with Crippen LogP contribution in [0.2, 0.25) is 15.2 Å². The highest BCUT2D eigenvalue weighted by Gasteiger charge is 2.33. The number of ether oxygens (including phenoxy) is 2. The maximum atomic E-state index is 15.0. The Hall–Kier alpha value is -3.21. The number of aromatic nitrogens is 2. The molecule has 1 aliphatic rings. The number of hydrogen-bond acceptors (Lipinski definition) is 3. The Bertz CT molecular complexity index is 1630. The molecule has 39 heavy (non-hydrogen) atoms. The highest BCUT2D eigenvalue weighted by Crippen LogP contribution is 2.43. The van der Waals surface area contributed by atoms with Gasteiger partial charge in [0.25, 0.3) is 5.56 Å². The molecule has 0 bridgehead atoms. The van der Waals surface area contributed by atoms with Gasteiger partial charge in [-0.2, -0.15) is 13.2 Å².